The van der Waals surface area contributed by atoms with Gasteiger partial charge in [0.15, 0.2) is 0 Å². The lowest BCUT2D eigenvalue weighted by molar-refractivity contribution is -0.138. The van der Waals surface area contributed by atoms with E-state index in [0.29, 0.717) is 33.8 Å². The van der Waals surface area contributed by atoms with Gasteiger partial charge in [-0.05, 0) is 67.3 Å². The zero-order valence-electron chi connectivity index (χ0n) is 25.6. The molecule has 46 heavy (non-hydrogen) atoms. The van der Waals surface area contributed by atoms with Gasteiger partial charge in [-0.3, -0.25) is 4.79 Å². The number of ether oxygens (including phenoxy) is 1. The van der Waals surface area contributed by atoms with Crippen molar-refractivity contribution in [3.05, 3.63) is 98.2 Å². The van der Waals surface area contributed by atoms with Gasteiger partial charge in [0.2, 0.25) is 5.89 Å². The lowest BCUT2D eigenvalue weighted by atomic mass is 9.98. The number of alkyl halides is 3. The number of allylic oxidation sites excluding steroid dienone is 2. The third-order valence-corrected chi connectivity index (χ3v) is 7.38. The molecule has 0 amide bonds. The van der Waals surface area contributed by atoms with Crippen LogP contribution in [0, 0.1) is 6.92 Å². The number of benzene rings is 2. The largest absolute Gasteiger partial charge is 0.487 e. The lowest BCUT2D eigenvalue weighted by Gasteiger charge is -2.11. The molecule has 0 aliphatic carbocycles. The molecule has 4 aromatic rings. The fourth-order valence-electron chi connectivity index (χ4n) is 4.86. The molecule has 0 saturated carbocycles. The van der Waals surface area contributed by atoms with E-state index in [2.05, 4.69) is 11.9 Å². The number of rotatable bonds is 16. The molecule has 1 N–H and O–H groups in total. The van der Waals surface area contributed by atoms with E-state index in [1.165, 1.54) is 18.6 Å². The highest BCUT2D eigenvalue weighted by molar-refractivity contribution is 5.67. The van der Waals surface area contributed by atoms with Crippen LogP contribution in [-0.2, 0) is 30.7 Å². The third kappa shape index (κ3) is 9.11. The topological polar surface area (TPSA) is 130 Å². The minimum Gasteiger partial charge on any atom is -0.487 e. The second kappa shape index (κ2) is 15.5. The van der Waals surface area contributed by atoms with Crippen molar-refractivity contribution in [1.82, 2.24) is 14.3 Å². The van der Waals surface area contributed by atoms with E-state index in [9.17, 15) is 27.6 Å². The lowest BCUT2D eigenvalue weighted by Crippen LogP contribution is -2.31. The summed E-state index contributed by atoms with van der Waals surface area (Å²) in [6, 6.07) is 11.9. The number of aryl methyl sites for hydroxylation is 1. The third-order valence-electron chi connectivity index (χ3n) is 7.38. The van der Waals surface area contributed by atoms with Crippen LogP contribution in [-0.4, -0.2) is 25.4 Å². The SMILES string of the molecule is CCCCCCCC/C(=C/Cn1oc(=O)n(CC(=O)O)c1=O)c1cccc(OCc2nc(-c3ccc(C(F)(F)F)cc3)oc2C)c1. The molecule has 0 spiro atoms. The summed E-state index contributed by atoms with van der Waals surface area (Å²) in [5.41, 5.74) is 1.00. The number of oxazole rings is 1. The standard InChI is InChI=1S/C33H36F3N3O7/c1-3-4-5-6-7-8-10-23(17-18-39-31(42)38(20-29(40)41)32(43)46-39)25-11-9-12-27(19-25)44-21-28-22(2)45-30(37-28)24-13-15-26(16-14-24)33(34,35)36/h9,11-17,19H,3-8,10,18,20-21H2,1-2H3,(H,40,41)/b23-17-. The first kappa shape index (κ1) is 34.1. The number of aliphatic carboxylic acids is 1. The van der Waals surface area contributed by atoms with Gasteiger partial charge in [0.25, 0.3) is 0 Å². The molecule has 0 bridgehead atoms. The number of hydrogen-bond acceptors (Lipinski definition) is 7. The van der Waals surface area contributed by atoms with Crippen molar-refractivity contribution in [3.63, 3.8) is 0 Å². The number of unbranched alkanes of at least 4 members (excludes halogenated alkanes) is 5. The van der Waals surface area contributed by atoms with Gasteiger partial charge in [-0.15, -0.1) is 4.74 Å². The second-order valence-electron chi connectivity index (χ2n) is 10.8. The molecule has 0 aliphatic rings. The predicted molar refractivity (Wildman–Crippen MR) is 163 cm³/mol. The van der Waals surface area contributed by atoms with E-state index in [4.69, 9.17) is 18.8 Å². The molecule has 0 unspecified atom stereocenters. The van der Waals surface area contributed by atoms with Gasteiger partial charge in [0.1, 0.15) is 30.4 Å². The molecular weight excluding hydrogens is 607 g/mol. The zero-order chi connectivity index (χ0) is 33.3. The van der Waals surface area contributed by atoms with Gasteiger partial charge in [0, 0.05) is 5.56 Å². The number of halogens is 3. The van der Waals surface area contributed by atoms with Crippen molar-refractivity contribution in [2.45, 2.75) is 84.7 Å². The van der Waals surface area contributed by atoms with Crippen LogP contribution in [0.25, 0.3) is 17.0 Å². The molecule has 2 heterocycles. The highest BCUT2D eigenvalue weighted by Crippen LogP contribution is 2.32. The van der Waals surface area contributed by atoms with Crippen LogP contribution in [0.5, 0.6) is 5.75 Å². The molecule has 0 radical (unpaired) electrons. The van der Waals surface area contributed by atoms with Gasteiger partial charge >= 0.3 is 23.6 Å². The van der Waals surface area contributed by atoms with E-state index in [0.717, 1.165) is 60.1 Å². The number of aromatic nitrogens is 3. The van der Waals surface area contributed by atoms with Crippen LogP contribution in [0.2, 0.25) is 0 Å². The van der Waals surface area contributed by atoms with Crippen LogP contribution < -0.4 is 16.2 Å². The number of carbonyl (C=O) groups is 1. The molecule has 2 aromatic heterocycles. The monoisotopic (exact) mass is 643 g/mol. The summed E-state index contributed by atoms with van der Waals surface area (Å²) in [6.45, 7) is 3.04. The van der Waals surface area contributed by atoms with E-state index >= 15 is 0 Å². The first-order valence-electron chi connectivity index (χ1n) is 15.0. The molecule has 13 heteroatoms. The Labute approximate surface area is 262 Å². The Morgan fingerprint density at radius 1 is 1.04 bits per heavy atom. The quantitative estimate of drug-likeness (QED) is 0.128. The Morgan fingerprint density at radius 3 is 2.46 bits per heavy atom. The first-order chi connectivity index (χ1) is 22.0. The highest BCUT2D eigenvalue weighted by Gasteiger charge is 2.30. The molecule has 10 nitrogen and oxygen atoms in total. The molecule has 0 saturated heterocycles. The summed E-state index contributed by atoms with van der Waals surface area (Å²) in [5.74, 6) is -1.20. The summed E-state index contributed by atoms with van der Waals surface area (Å²) >= 11 is 0. The first-order valence-corrected chi connectivity index (χ1v) is 15.0. The average Bonchev–Trinajstić information content (AvgIpc) is 3.52. The van der Waals surface area contributed by atoms with Crippen molar-refractivity contribution in [2.75, 3.05) is 0 Å². The smallest absolute Gasteiger partial charge is 0.443 e. The summed E-state index contributed by atoms with van der Waals surface area (Å²) in [4.78, 5) is 40.0. The Balaban J connectivity index is 1.50. The fourth-order valence-corrected chi connectivity index (χ4v) is 4.86. The minimum absolute atomic E-state index is 0.0491. The van der Waals surface area contributed by atoms with Crippen molar-refractivity contribution < 1.29 is 36.7 Å². The maximum absolute atomic E-state index is 12.9. The van der Waals surface area contributed by atoms with Crippen LogP contribution >= 0.6 is 0 Å². The van der Waals surface area contributed by atoms with Gasteiger partial charge in [-0.25, -0.2) is 19.1 Å². The van der Waals surface area contributed by atoms with Crippen LogP contribution in [0.15, 0.2) is 73.1 Å². The maximum atomic E-state index is 12.9. The summed E-state index contributed by atoms with van der Waals surface area (Å²) < 4.78 is 56.8. The molecule has 4 rings (SSSR count). The number of nitrogens with zero attached hydrogens (tertiary/aromatic N) is 3. The van der Waals surface area contributed by atoms with Crippen molar-refractivity contribution in [1.29, 1.82) is 0 Å². The summed E-state index contributed by atoms with van der Waals surface area (Å²) in [5, 5.41) is 8.99. The molecule has 0 atom stereocenters. The minimum atomic E-state index is -4.44. The van der Waals surface area contributed by atoms with Gasteiger partial charge in [0.05, 0.1) is 12.1 Å². The Bertz CT molecular complexity index is 1760. The number of carboxylic acid groups (broad SMARTS) is 1. The highest BCUT2D eigenvalue weighted by atomic mass is 19.4. The van der Waals surface area contributed by atoms with Gasteiger partial charge in [-0.1, -0.05) is 57.2 Å². The van der Waals surface area contributed by atoms with E-state index in [1.54, 1.807) is 19.1 Å². The average molecular weight is 644 g/mol. The second-order valence-corrected chi connectivity index (χ2v) is 10.8. The van der Waals surface area contributed by atoms with Crippen LogP contribution in [0.4, 0.5) is 13.2 Å². The van der Waals surface area contributed by atoms with Crippen molar-refractivity contribution >= 4 is 11.5 Å². The molecule has 0 aliphatic heterocycles. The Morgan fingerprint density at radius 2 is 1.76 bits per heavy atom. The molecule has 2 aromatic carbocycles. The normalized spacial score (nSPS) is 12.1. The van der Waals surface area contributed by atoms with E-state index in [-0.39, 0.29) is 19.0 Å². The van der Waals surface area contributed by atoms with Crippen LogP contribution in [0.3, 0.4) is 0 Å². The number of hydrogen-bond donors (Lipinski definition) is 1. The summed E-state index contributed by atoms with van der Waals surface area (Å²) in [7, 11) is 0. The zero-order valence-corrected chi connectivity index (χ0v) is 25.6. The molecule has 0 fully saturated rings. The Hall–Kier alpha value is -4.81. The van der Waals surface area contributed by atoms with Gasteiger partial charge < -0.3 is 18.8 Å². The van der Waals surface area contributed by atoms with E-state index < -0.39 is 35.7 Å². The molecule has 246 valence electrons. The fraction of sp³-hybridized carbons (Fsp3) is 0.394. The maximum Gasteiger partial charge on any atom is 0.443 e. The van der Waals surface area contributed by atoms with Crippen LogP contribution in [0.1, 0.15) is 74.5 Å². The molecular formula is C33H36F3N3O7. The number of carboxylic acids is 1. The predicted octanol–water partition coefficient (Wildman–Crippen LogP) is 7.08. The van der Waals surface area contributed by atoms with Crippen molar-refractivity contribution in [2.24, 2.45) is 0 Å². The summed E-state index contributed by atoms with van der Waals surface area (Å²) in [6.07, 6.45) is 4.50. The Kier molecular flexibility index (Phi) is 11.4. The van der Waals surface area contributed by atoms with E-state index in [1.807, 2.05) is 18.2 Å². The van der Waals surface area contributed by atoms with Crippen molar-refractivity contribution in [3.8, 4) is 17.2 Å². The van der Waals surface area contributed by atoms with Gasteiger partial charge in [-0.2, -0.15) is 13.2 Å².